The van der Waals surface area contributed by atoms with Crippen molar-refractivity contribution in [2.45, 2.75) is 20.4 Å². The molecule has 0 saturated carbocycles. The Morgan fingerprint density at radius 1 is 1.17 bits per heavy atom. The number of anilines is 1. The molecule has 0 saturated heterocycles. The summed E-state index contributed by atoms with van der Waals surface area (Å²) in [5.41, 5.74) is 2.71. The zero-order chi connectivity index (χ0) is 17.3. The molecule has 0 bridgehead atoms. The monoisotopic (exact) mass is 340 g/mol. The molecule has 2 aromatic carbocycles. The summed E-state index contributed by atoms with van der Waals surface area (Å²) in [6.07, 6.45) is 0. The highest BCUT2D eigenvalue weighted by molar-refractivity contribution is 6.31. The van der Waals surface area contributed by atoms with Crippen molar-refractivity contribution in [1.82, 2.24) is 4.57 Å². The number of nitrogens with one attached hydrogen (secondary N) is 1. The van der Waals surface area contributed by atoms with Gasteiger partial charge in [-0.3, -0.25) is 9.59 Å². The van der Waals surface area contributed by atoms with Crippen LogP contribution in [0.15, 0.2) is 53.3 Å². The van der Waals surface area contributed by atoms with Gasteiger partial charge in [-0.2, -0.15) is 0 Å². The second-order valence-corrected chi connectivity index (χ2v) is 6.03. The lowest BCUT2D eigenvalue weighted by Gasteiger charge is -2.13. The van der Waals surface area contributed by atoms with Gasteiger partial charge in [0.1, 0.15) is 0 Å². The second kappa shape index (κ2) is 6.49. The largest absolute Gasteiger partial charge is 0.345 e. The van der Waals surface area contributed by atoms with Crippen LogP contribution in [0.3, 0.4) is 0 Å². The van der Waals surface area contributed by atoms with Crippen molar-refractivity contribution in [2.24, 2.45) is 0 Å². The van der Waals surface area contributed by atoms with E-state index >= 15 is 0 Å². The number of hydrogen-bond donors (Lipinski definition) is 1. The van der Waals surface area contributed by atoms with Crippen LogP contribution in [0.2, 0.25) is 5.02 Å². The number of pyridine rings is 1. The van der Waals surface area contributed by atoms with Crippen molar-refractivity contribution in [1.29, 1.82) is 0 Å². The number of rotatable bonds is 3. The van der Waals surface area contributed by atoms with E-state index in [-0.39, 0.29) is 11.3 Å². The predicted molar refractivity (Wildman–Crippen MR) is 98.0 cm³/mol. The molecule has 0 aliphatic heterocycles. The molecule has 3 aromatic rings. The lowest BCUT2D eigenvalue weighted by atomic mass is 10.1. The van der Waals surface area contributed by atoms with Crippen LogP contribution in [0.1, 0.15) is 23.0 Å². The third-order valence-electron chi connectivity index (χ3n) is 3.98. The van der Waals surface area contributed by atoms with Crippen LogP contribution >= 0.6 is 11.6 Å². The topological polar surface area (TPSA) is 51.1 Å². The van der Waals surface area contributed by atoms with Gasteiger partial charge in [0.15, 0.2) is 5.43 Å². The number of halogens is 1. The Bertz CT molecular complexity index is 992. The second-order valence-electron chi connectivity index (χ2n) is 5.59. The Morgan fingerprint density at radius 2 is 1.96 bits per heavy atom. The molecule has 0 aliphatic carbocycles. The molecule has 0 radical (unpaired) electrons. The molecule has 1 N–H and O–H groups in total. The molecule has 4 nitrogen and oxygen atoms in total. The summed E-state index contributed by atoms with van der Waals surface area (Å²) in [5.74, 6) is -0.276. The minimum Gasteiger partial charge on any atom is -0.345 e. The van der Waals surface area contributed by atoms with E-state index in [1.807, 2.05) is 19.9 Å². The van der Waals surface area contributed by atoms with Gasteiger partial charge >= 0.3 is 0 Å². The molecule has 0 fully saturated rings. The van der Waals surface area contributed by atoms with Crippen molar-refractivity contribution < 1.29 is 4.79 Å². The zero-order valence-corrected chi connectivity index (χ0v) is 14.2. The van der Waals surface area contributed by atoms with Crippen molar-refractivity contribution in [3.8, 4) is 0 Å². The predicted octanol–water partition coefficient (Wildman–Crippen LogP) is 4.24. The lowest BCUT2D eigenvalue weighted by molar-refractivity contribution is 0.102. The smallest absolute Gasteiger partial charge is 0.255 e. The first kappa shape index (κ1) is 16.3. The van der Waals surface area contributed by atoms with Gasteiger partial charge in [-0.25, -0.2) is 0 Å². The van der Waals surface area contributed by atoms with Crippen molar-refractivity contribution >= 4 is 34.1 Å². The fraction of sp³-hybridized carbons (Fsp3) is 0.158. The third kappa shape index (κ3) is 3.05. The van der Waals surface area contributed by atoms with E-state index in [4.69, 9.17) is 11.6 Å². The van der Waals surface area contributed by atoms with Gasteiger partial charge in [0.2, 0.25) is 0 Å². The van der Waals surface area contributed by atoms with Gasteiger partial charge < -0.3 is 9.88 Å². The molecule has 0 spiro atoms. The maximum atomic E-state index is 12.4. The summed E-state index contributed by atoms with van der Waals surface area (Å²) in [4.78, 5) is 24.7. The van der Waals surface area contributed by atoms with E-state index in [0.29, 0.717) is 21.7 Å². The van der Waals surface area contributed by atoms with Gasteiger partial charge in [-0.15, -0.1) is 0 Å². The van der Waals surface area contributed by atoms with Crippen LogP contribution < -0.4 is 10.7 Å². The Hall–Kier alpha value is -2.59. The van der Waals surface area contributed by atoms with E-state index in [9.17, 15) is 9.59 Å². The van der Waals surface area contributed by atoms with Crippen LogP contribution in [-0.4, -0.2) is 10.5 Å². The molecule has 1 aromatic heterocycles. The number of carbonyl (C=O) groups excluding carboxylic acids is 1. The molecule has 0 unspecified atom stereocenters. The SMILES string of the molecule is CCn1c(C)cc(=O)c2cc(C(=O)Nc3cccc(Cl)c3)ccc21. The molecule has 5 heteroatoms. The Morgan fingerprint density at radius 3 is 2.67 bits per heavy atom. The number of carbonyl (C=O) groups is 1. The lowest BCUT2D eigenvalue weighted by Crippen LogP contribution is -2.15. The first-order valence-corrected chi connectivity index (χ1v) is 8.08. The number of hydrogen-bond acceptors (Lipinski definition) is 2. The number of fused-ring (bicyclic) bond motifs is 1. The molecule has 122 valence electrons. The van der Waals surface area contributed by atoms with Gasteiger partial charge in [0, 0.05) is 40.0 Å². The van der Waals surface area contributed by atoms with Crippen LogP contribution in [0, 0.1) is 6.92 Å². The van der Waals surface area contributed by atoms with Gasteiger partial charge in [0.25, 0.3) is 5.91 Å². The number of aryl methyl sites for hydroxylation is 2. The van der Waals surface area contributed by atoms with Crippen LogP contribution in [0.25, 0.3) is 10.9 Å². The first-order valence-electron chi connectivity index (χ1n) is 7.70. The van der Waals surface area contributed by atoms with Crippen molar-refractivity contribution in [3.05, 3.63) is 75.0 Å². The maximum Gasteiger partial charge on any atom is 0.255 e. The van der Waals surface area contributed by atoms with E-state index in [0.717, 1.165) is 17.8 Å². The van der Waals surface area contributed by atoms with E-state index in [1.54, 1.807) is 42.5 Å². The highest BCUT2D eigenvalue weighted by Gasteiger charge is 2.11. The van der Waals surface area contributed by atoms with Gasteiger partial charge in [-0.1, -0.05) is 17.7 Å². The normalized spacial score (nSPS) is 10.8. The summed E-state index contributed by atoms with van der Waals surface area (Å²) in [6, 6.07) is 13.7. The number of benzene rings is 2. The molecule has 24 heavy (non-hydrogen) atoms. The van der Waals surface area contributed by atoms with Crippen LogP contribution in [0.4, 0.5) is 5.69 Å². The minimum atomic E-state index is -0.276. The highest BCUT2D eigenvalue weighted by Crippen LogP contribution is 2.18. The number of aromatic nitrogens is 1. The standard InChI is InChI=1S/C19H17ClN2O2/c1-3-22-12(2)9-18(23)16-10-13(7-8-17(16)22)19(24)21-15-6-4-5-14(20)11-15/h4-11H,3H2,1-2H3,(H,21,24). The maximum absolute atomic E-state index is 12.4. The van der Waals surface area contributed by atoms with E-state index in [1.165, 1.54) is 0 Å². The Labute approximate surface area is 144 Å². The molecular weight excluding hydrogens is 324 g/mol. The quantitative estimate of drug-likeness (QED) is 0.775. The number of amides is 1. The molecule has 1 heterocycles. The summed E-state index contributed by atoms with van der Waals surface area (Å²) in [6.45, 7) is 4.69. The molecule has 0 aliphatic rings. The summed E-state index contributed by atoms with van der Waals surface area (Å²) in [5, 5.41) is 3.88. The van der Waals surface area contributed by atoms with Crippen molar-refractivity contribution in [2.75, 3.05) is 5.32 Å². The van der Waals surface area contributed by atoms with Crippen LogP contribution in [-0.2, 0) is 6.54 Å². The highest BCUT2D eigenvalue weighted by atomic mass is 35.5. The fourth-order valence-corrected chi connectivity index (χ4v) is 3.02. The summed E-state index contributed by atoms with van der Waals surface area (Å²) in [7, 11) is 0. The third-order valence-corrected chi connectivity index (χ3v) is 4.21. The van der Waals surface area contributed by atoms with E-state index < -0.39 is 0 Å². The van der Waals surface area contributed by atoms with E-state index in [2.05, 4.69) is 9.88 Å². The zero-order valence-electron chi connectivity index (χ0n) is 13.5. The van der Waals surface area contributed by atoms with Crippen molar-refractivity contribution in [3.63, 3.8) is 0 Å². The first-order chi connectivity index (χ1) is 11.5. The number of nitrogens with zero attached hydrogens (tertiary/aromatic N) is 1. The average Bonchev–Trinajstić information content (AvgIpc) is 2.55. The molecule has 0 atom stereocenters. The van der Waals surface area contributed by atoms with Gasteiger partial charge in [-0.05, 0) is 50.2 Å². The van der Waals surface area contributed by atoms with Gasteiger partial charge in [0.05, 0.1) is 5.52 Å². The molecule has 3 rings (SSSR count). The Kier molecular flexibility index (Phi) is 4.40. The fourth-order valence-electron chi connectivity index (χ4n) is 2.83. The molecular formula is C19H17ClN2O2. The average molecular weight is 341 g/mol. The minimum absolute atomic E-state index is 0.0791. The summed E-state index contributed by atoms with van der Waals surface area (Å²) < 4.78 is 2.05. The Balaban J connectivity index is 2.02. The summed E-state index contributed by atoms with van der Waals surface area (Å²) >= 11 is 5.93. The van der Waals surface area contributed by atoms with Crippen LogP contribution in [0.5, 0.6) is 0 Å². The molecule has 1 amide bonds.